The lowest BCUT2D eigenvalue weighted by molar-refractivity contribution is 1.16. The SMILES string of the molecule is CC/C=C(/C)N=CP. The summed E-state index contributed by atoms with van der Waals surface area (Å²) in [5, 5.41) is 0. The number of hydrogen-bond donors (Lipinski definition) is 0. The molecule has 2 heteroatoms. The van der Waals surface area contributed by atoms with Gasteiger partial charge in [-0.05, 0) is 13.3 Å². The van der Waals surface area contributed by atoms with Crippen molar-refractivity contribution in [1.82, 2.24) is 0 Å². The maximum Gasteiger partial charge on any atom is 0.0332 e. The second-order valence-corrected chi connectivity index (χ2v) is 1.83. The molecule has 0 aliphatic carbocycles. The van der Waals surface area contributed by atoms with Crippen LogP contribution in [0.4, 0.5) is 0 Å². The number of allylic oxidation sites excluding steroid dienone is 2. The van der Waals surface area contributed by atoms with E-state index in [0.717, 1.165) is 12.1 Å². The Balaban J connectivity index is 3.61. The van der Waals surface area contributed by atoms with E-state index >= 15 is 0 Å². The van der Waals surface area contributed by atoms with Crippen molar-refractivity contribution >= 4 is 15.2 Å². The quantitative estimate of drug-likeness (QED) is 0.400. The van der Waals surface area contributed by atoms with Crippen LogP contribution in [0.1, 0.15) is 20.3 Å². The molecule has 0 N–H and O–H groups in total. The molecular weight excluding hydrogens is 117 g/mol. The Hall–Kier alpha value is -0.160. The third-order valence-corrected chi connectivity index (χ3v) is 0.927. The van der Waals surface area contributed by atoms with Gasteiger partial charge < -0.3 is 0 Å². The van der Waals surface area contributed by atoms with Gasteiger partial charge in [-0.2, -0.15) is 0 Å². The van der Waals surface area contributed by atoms with Crippen LogP contribution in [0.2, 0.25) is 0 Å². The van der Waals surface area contributed by atoms with Gasteiger partial charge in [0.25, 0.3) is 0 Å². The fourth-order valence-corrected chi connectivity index (χ4v) is 0.701. The van der Waals surface area contributed by atoms with Crippen molar-refractivity contribution in [3.63, 3.8) is 0 Å². The van der Waals surface area contributed by atoms with Gasteiger partial charge in [0.2, 0.25) is 0 Å². The molecule has 46 valence electrons. The molecule has 0 saturated heterocycles. The number of hydrogen-bond acceptors (Lipinski definition) is 1. The third kappa shape index (κ3) is 4.01. The van der Waals surface area contributed by atoms with Gasteiger partial charge in [0.1, 0.15) is 0 Å². The van der Waals surface area contributed by atoms with E-state index in [-0.39, 0.29) is 0 Å². The second kappa shape index (κ2) is 4.99. The summed E-state index contributed by atoms with van der Waals surface area (Å²) in [5.74, 6) is 1.72. The van der Waals surface area contributed by atoms with Crippen molar-refractivity contribution in [2.45, 2.75) is 20.3 Å². The number of aliphatic imine (C=N–C) groups is 1. The first-order chi connectivity index (χ1) is 3.81. The molecule has 1 nitrogen and oxygen atoms in total. The minimum Gasteiger partial charge on any atom is -0.262 e. The lowest BCUT2D eigenvalue weighted by atomic mass is 10.4. The molecule has 0 aromatic heterocycles. The Morgan fingerprint density at radius 2 is 2.38 bits per heavy atom. The van der Waals surface area contributed by atoms with Gasteiger partial charge in [0.15, 0.2) is 0 Å². The standard InChI is InChI=1S/C6H12NP/c1-3-4-6(2)7-5-8/h4-5H,3,8H2,1-2H3/b6-4-,7-5?. The average Bonchev–Trinajstić information content (AvgIpc) is 1.68. The van der Waals surface area contributed by atoms with Gasteiger partial charge in [-0.15, -0.1) is 0 Å². The molecule has 0 aromatic carbocycles. The predicted molar refractivity (Wildman–Crippen MR) is 42.3 cm³/mol. The summed E-state index contributed by atoms with van der Waals surface area (Å²) in [6.45, 7) is 4.09. The Kier molecular flexibility index (Phi) is 4.89. The second-order valence-electron chi connectivity index (χ2n) is 1.53. The molecule has 0 amide bonds. The van der Waals surface area contributed by atoms with Crippen LogP contribution in [0.5, 0.6) is 0 Å². The Bertz CT molecular complexity index is 105. The van der Waals surface area contributed by atoms with Gasteiger partial charge in [-0.1, -0.05) is 22.2 Å². The summed E-state index contributed by atoms with van der Waals surface area (Å²) >= 11 is 0. The van der Waals surface area contributed by atoms with Crippen molar-refractivity contribution in [3.05, 3.63) is 11.8 Å². The lowest BCUT2D eigenvalue weighted by Crippen LogP contribution is -1.65. The smallest absolute Gasteiger partial charge is 0.0332 e. The molecule has 0 aliphatic rings. The van der Waals surface area contributed by atoms with E-state index in [9.17, 15) is 0 Å². The number of nitrogens with zero attached hydrogens (tertiary/aromatic N) is 1. The molecule has 1 unspecified atom stereocenters. The summed E-state index contributed by atoms with van der Waals surface area (Å²) in [5.41, 5.74) is 1.09. The summed E-state index contributed by atoms with van der Waals surface area (Å²) in [4.78, 5) is 4.01. The van der Waals surface area contributed by atoms with Crippen molar-refractivity contribution in [3.8, 4) is 0 Å². The molecule has 0 heterocycles. The first-order valence-corrected chi connectivity index (χ1v) is 3.39. The van der Waals surface area contributed by atoms with E-state index in [1.807, 2.05) is 6.92 Å². The highest BCUT2D eigenvalue weighted by Gasteiger charge is 1.74. The number of rotatable bonds is 2. The van der Waals surface area contributed by atoms with Crippen molar-refractivity contribution in [2.75, 3.05) is 0 Å². The Morgan fingerprint density at radius 1 is 1.75 bits per heavy atom. The molecule has 0 aliphatic heterocycles. The zero-order valence-corrected chi connectivity index (χ0v) is 6.54. The molecule has 8 heavy (non-hydrogen) atoms. The summed E-state index contributed by atoms with van der Waals surface area (Å²) in [7, 11) is 2.44. The zero-order valence-electron chi connectivity index (χ0n) is 5.39. The average molecular weight is 129 g/mol. The van der Waals surface area contributed by atoms with Crippen LogP contribution in [0.15, 0.2) is 16.8 Å². The van der Waals surface area contributed by atoms with Crippen molar-refractivity contribution in [1.29, 1.82) is 0 Å². The van der Waals surface area contributed by atoms with Crippen LogP contribution in [0.25, 0.3) is 0 Å². The maximum atomic E-state index is 4.01. The van der Waals surface area contributed by atoms with Gasteiger partial charge in [0.05, 0.1) is 0 Å². The van der Waals surface area contributed by atoms with E-state index in [4.69, 9.17) is 0 Å². The Morgan fingerprint density at radius 3 is 2.75 bits per heavy atom. The van der Waals surface area contributed by atoms with E-state index in [1.54, 1.807) is 5.96 Å². The maximum absolute atomic E-state index is 4.01. The van der Waals surface area contributed by atoms with Crippen LogP contribution in [-0.4, -0.2) is 5.96 Å². The largest absolute Gasteiger partial charge is 0.262 e. The van der Waals surface area contributed by atoms with E-state index in [0.29, 0.717) is 0 Å². The molecular formula is C6H12NP. The molecule has 0 bridgehead atoms. The highest BCUT2D eigenvalue weighted by atomic mass is 31.0. The van der Waals surface area contributed by atoms with Gasteiger partial charge in [0, 0.05) is 11.7 Å². The van der Waals surface area contributed by atoms with Crippen LogP contribution in [0.3, 0.4) is 0 Å². The summed E-state index contributed by atoms with van der Waals surface area (Å²) < 4.78 is 0. The minimum atomic E-state index is 1.06. The van der Waals surface area contributed by atoms with Crippen LogP contribution < -0.4 is 0 Å². The molecule has 0 saturated carbocycles. The Labute approximate surface area is 53.1 Å². The lowest BCUT2D eigenvalue weighted by Gasteiger charge is -1.85. The topological polar surface area (TPSA) is 12.4 Å². The molecule has 0 spiro atoms. The third-order valence-electron chi connectivity index (χ3n) is 0.778. The fraction of sp³-hybridized carbons (Fsp3) is 0.500. The molecule has 0 aromatic rings. The van der Waals surface area contributed by atoms with E-state index in [1.165, 1.54) is 0 Å². The van der Waals surface area contributed by atoms with Crippen molar-refractivity contribution < 1.29 is 0 Å². The van der Waals surface area contributed by atoms with Crippen LogP contribution >= 0.6 is 9.24 Å². The van der Waals surface area contributed by atoms with E-state index in [2.05, 4.69) is 27.2 Å². The highest BCUT2D eigenvalue weighted by molar-refractivity contribution is 7.36. The monoisotopic (exact) mass is 129 g/mol. The normalized spacial score (nSPS) is 13.1. The minimum absolute atomic E-state index is 1.06. The molecule has 0 fully saturated rings. The van der Waals surface area contributed by atoms with Crippen molar-refractivity contribution in [2.24, 2.45) is 4.99 Å². The van der Waals surface area contributed by atoms with Gasteiger partial charge >= 0.3 is 0 Å². The van der Waals surface area contributed by atoms with E-state index < -0.39 is 0 Å². The fourth-order valence-electron chi connectivity index (χ4n) is 0.466. The first kappa shape index (κ1) is 7.84. The molecule has 1 atom stereocenters. The van der Waals surface area contributed by atoms with Crippen LogP contribution in [0, 0.1) is 0 Å². The van der Waals surface area contributed by atoms with Gasteiger partial charge in [-0.3, -0.25) is 4.99 Å². The van der Waals surface area contributed by atoms with Crippen LogP contribution in [-0.2, 0) is 0 Å². The van der Waals surface area contributed by atoms with Gasteiger partial charge in [-0.25, -0.2) is 0 Å². The predicted octanol–water partition coefficient (Wildman–Crippen LogP) is 2.20. The zero-order chi connectivity index (χ0) is 6.41. The first-order valence-electron chi connectivity index (χ1n) is 2.72. The summed E-state index contributed by atoms with van der Waals surface area (Å²) in [6, 6.07) is 0. The highest BCUT2D eigenvalue weighted by Crippen LogP contribution is 1.95. The molecule has 0 radical (unpaired) electrons. The summed E-state index contributed by atoms with van der Waals surface area (Å²) in [6.07, 6.45) is 3.15. The molecule has 0 rings (SSSR count).